The quantitative estimate of drug-likeness (QED) is 0.776. The van der Waals surface area contributed by atoms with Crippen molar-refractivity contribution in [2.45, 2.75) is 45.1 Å². The number of hydrogen-bond donors (Lipinski definition) is 1. The topological polar surface area (TPSA) is 61.9 Å². The van der Waals surface area contributed by atoms with Crippen molar-refractivity contribution in [2.75, 3.05) is 31.3 Å². The second-order valence-corrected chi connectivity index (χ2v) is 9.82. The number of nitrogens with zero attached hydrogens (tertiary/aromatic N) is 2. The number of hydrogen-bond acceptors (Lipinski definition) is 4. The summed E-state index contributed by atoms with van der Waals surface area (Å²) in [5, 5.41) is 3.00. The first kappa shape index (κ1) is 19.5. The summed E-state index contributed by atoms with van der Waals surface area (Å²) in [5.41, 5.74) is 2.09. The van der Waals surface area contributed by atoms with Crippen molar-refractivity contribution in [3.63, 3.8) is 0 Å². The van der Waals surface area contributed by atoms with Gasteiger partial charge in [0.2, 0.25) is 5.91 Å². The Bertz CT molecular complexity index is 871. The van der Waals surface area contributed by atoms with Gasteiger partial charge in [0.25, 0.3) is 0 Å². The van der Waals surface area contributed by atoms with Crippen molar-refractivity contribution < 1.29 is 14.3 Å². The zero-order valence-electron chi connectivity index (χ0n) is 17.9. The van der Waals surface area contributed by atoms with Gasteiger partial charge in [-0.2, -0.15) is 0 Å². The number of allylic oxidation sites excluding steroid dienone is 1. The Balaban J connectivity index is 1.20. The lowest BCUT2D eigenvalue weighted by molar-refractivity contribution is -0.125. The molecule has 2 saturated heterocycles. The predicted molar refractivity (Wildman–Crippen MR) is 115 cm³/mol. The van der Waals surface area contributed by atoms with Crippen LogP contribution in [-0.2, 0) is 9.53 Å². The summed E-state index contributed by atoms with van der Waals surface area (Å²) in [4.78, 5) is 29.4. The van der Waals surface area contributed by atoms with Crippen LogP contribution in [0.15, 0.2) is 42.0 Å². The molecule has 2 bridgehead atoms. The molecule has 2 atom stereocenters. The Kier molecular flexibility index (Phi) is 4.56. The highest BCUT2D eigenvalue weighted by atomic mass is 16.6. The molecule has 0 aromatic heterocycles. The second kappa shape index (κ2) is 7.03. The molecule has 160 valence electrons. The van der Waals surface area contributed by atoms with Crippen molar-refractivity contribution in [3.8, 4) is 0 Å². The molecule has 5 aliphatic rings. The summed E-state index contributed by atoms with van der Waals surface area (Å²) in [6, 6.07) is 10.0. The zero-order chi connectivity index (χ0) is 20.9. The molecule has 6 rings (SSSR count). The van der Waals surface area contributed by atoms with E-state index >= 15 is 0 Å². The number of likely N-dealkylation sites (tertiary alicyclic amines) is 1. The van der Waals surface area contributed by atoms with E-state index in [9.17, 15) is 9.59 Å². The van der Waals surface area contributed by atoms with E-state index in [1.54, 1.807) is 4.90 Å². The minimum absolute atomic E-state index is 0.0634. The van der Waals surface area contributed by atoms with E-state index in [0.29, 0.717) is 50.5 Å². The fraction of sp³-hybridized carbons (Fsp3) is 0.583. The third-order valence-corrected chi connectivity index (χ3v) is 8.20. The maximum absolute atomic E-state index is 12.8. The third kappa shape index (κ3) is 2.91. The number of carbonyl (C=O) groups excluding carboxylic acids is 2. The van der Waals surface area contributed by atoms with Gasteiger partial charge in [0.1, 0.15) is 12.1 Å². The fourth-order valence-electron chi connectivity index (χ4n) is 5.97. The number of benzene rings is 1. The number of anilines is 1. The van der Waals surface area contributed by atoms with Gasteiger partial charge in [0.15, 0.2) is 0 Å². The first-order valence-electron chi connectivity index (χ1n) is 11.1. The summed E-state index contributed by atoms with van der Waals surface area (Å²) in [5.74, 6) is 1.40. The first-order chi connectivity index (χ1) is 14.4. The van der Waals surface area contributed by atoms with Gasteiger partial charge < -0.3 is 19.9 Å². The van der Waals surface area contributed by atoms with Crippen LogP contribution < -0.4 is 10.2 Å². The van der Waals surface area contributed by atoms with Crippen molar-refractivity contribution in [3.05, 3.63) is 42.0 Å². The van der Waals surface area contributed by atoms with E-state index in [2.05, 4.69) is 30.1 Å². The number of ether oxygens (including phenoxy) is 1. The van der Waals surface area contributed by atoms with Crippen molar-refractivity contribution in [2.24, 2.45) is 17.3 Å². The van der Waals surface area contributed by atoms with Crippen LogP contribution in [0.3, 0.4) is 0 Å². The molecule has 30 heavy (non-hydrogen) atoms. The van der Waals surface area contributed by atoms with E-state index in [1.165, 1.54) is 12.0 Å². The summed E-state index contributed by atoms with van der Waals surface area (Å²) >= 11 is 0. The fourth-order valence-corrected chi connectivity index (χ4v) is 5.97. The Morgan fingerprint density at radius 2 is 1.93 bits per heavy atom. The van der Waals surface area contributed by atoms with E-state index in [-0.39, 0.29) is 12.0 Å². The molecule has 1 aromatic rings. The Morgan fingerprint density at radius 3 is 2.60 bits per heavy atom. The largest absolute Gasteiger partial charge is 0.445 e. The maximum Gasteiger partial charge on any atom is 0.410 e. The predicted octanol–water partition coefficient (Wildman–Crippen LogP) is 3.54. The Morgan fingerprint density at radius 1 is 1.20 bits per heavy atom. The van der Waals surface area contributed by atoms with Crippen LogP contribution in [0.25, 0.3) is 0 Å². The molecular formula is C24H31N3O3. The van der Waals surface area contributed by atoms with E-state index in [1.807, 2.05) is 30.3 Å². The number of rotatable bonds is 3. The van der Waals surface area contributed by atoms with Crippen molar-refractivity contribution in [1.29, 1.82) is 0 Å². The molecule has 6 nitrogen and oxygen atoms in total. The Hall–Kier alpha value is -2.50. The van der Waals surface area contributed by atoms with Gasteiger partial charge in [0, 0.05) is 18.8 Å². The molecule has 3 fully saturated rings. The number of fused-ring (bicyclic) bond motifs is 1. The number of nitrogens with one attached hydrogen (secondary N) is 1. The maximum atomic E-state index is 12.8. The highest BCUT2D eigenvalue weighted by Gasteiger charge is 2.52. The molecule has 1 aromatic carbocycles. The normalized spacial score (nSPS) is 28.6. The van der Waals surface area contributed by atoms with Gasteiger partial charge in [-0.15, -0.1) is 0 Å². The van der Waals surface area contributed by atoms with E-state index in [0.717, 1.165) is 18.0 Å². The van der Waals surface area contributed by atoms with Crippen LogP contribution in [0.4, 0.5) is 10.5 Å². The van der Waals surface area contributed by atoms with Gasteiger partial charge in [0.05, 0.1) is 6.67 Å². The molecule has 2 amide bonds. The van der Waals surface area contributed by atoms with Gasteiger partial charge in [-0.25, -0.2) is 4.79 Å². The second-order valence-electron chi connectivity index (χ2n) is 9.82. The summed E-state index contributed by atoms with van der Waals surface area (Å²) in [7, 11) is 0. The summed E-state index contributed by atoms with van der Waals surface area (Å²) in [6.45, 7) is 6.64. The lowest BCUT2D eigenvalue weighted by atomic mass is 9.49. The number of carbonyl (C=O) groups is 2. The molecule has 6 heteroatoms. The van der Waals surface area contributed by atoms with Crippen LogP contribution >= 0.6 is 0 Å². The standard InChI is InChI=1S/C24H31N3O3/c1-23(2)18-9-8-17(20(23)14-18)15-30-22(29)26-12-10-24(11-13-26)21(28)25-16-27(24)19-6-4-3-5-7-19/h3-8,18,20H,9-16H2,1-2H3,(H,25,28). The molecule has 1 N–H and O–H groups in total. The zero-order valence-corrected chi connectivity index (χ0v) is 17.9. The number of piperidine rings is 1. The van der Waals surface area contributed by atoms with Crippen LogP contribution in [-0.4, -0.2) is 48.8 Å². The average molecular weight is 410 g/mol. The first-order valence-corrected chi connectivity index (χ1v) is 11.1. The molecule has 1 saturated carbocycles. The lowest BCUT2D eigenvalue weighted by Gasteiger charge is -2.56. The van der Waals surface area contributed by atoms with Crippen LogP contribution in [0.1, 0.15) is 39.5 Å². The Labute approximate surface area is 178 Å². The number of amides is 2. The third-order valence-electron chi connectivity index (χ3n) is 8.20. The van der Waals surface area contributed by atoms with Gasteiger partial charge in [-0.05, 0) is 60.6 Å². The molecule has 2 unspecified atom stereocenters. The van der Waals surface area contributed by atoms with Gasteiger partial charge in [-0.1, -0.05) is 38.1 Å². The van der Waals surface area contributed by atoms with Gasteiger partial charge in [-0.3, -0.25) is 4.79 Å². The van der Waals surface area contributed by atoms with E-state index < -0.39 is 5.54 Å². The van der Waals surface area contributed by atoms with Crippen LogP contribution in [0.5, 0.6) is 0 Å². The van der Waals surface area contributed by atoms with Crippen LogP contribution in [0.2, 0.25) is 0 Å². The highest BCUT2D eigenvalue weighted by molar-refractivity contribution is 5.93. The summed E-state index contributed by atoms with van der Waals surface area (Å²) < 4.78 is 5.70. The SMILES string of the molecule is CC1(C)C2CC=C(COC(=O)N3CCC4(CC3)C(=O)NCN4c3ccccc3)C1C2. The highest BCUT2D eigenvalue weighted by Crippen LogP contribution is 2.59. The smallest absolute Gasteiger partial charge is 0.410 e. The van der Waals surface area contributed by atoms with Gasteiger partial charge >= 0.3 is 6.09 Å². The monoisotopic (exact) mass is 409 g/mol. The molecule has 3 aliphatic carbocycles. The minimum Gasteiger partial charge on any atom is -0.445 e. The molecule has 1 spiro atoms. The minimum atomic E-state index is -0.574. The molecular weight excluding hydrogens is 378 g/mol. The van der Waals surface area contributed by atoms with Crippen LogP contribution in [0, 0.1) is 17.3 Å². The molecule has 0 radical (unpaired) electrons. The van der Waals surface area contributed by atoms with Crippen molar-refractivity contribution >= 4 is 17.7 Å². The summed E-state index contributed by atoms with van der Waals surface area (Å²) in [6.07, 6.45) is 5.59. The molecule has 2 aliphatic heterocycles. The number of para-hydroxylation sites is 1. The molecule has 2 heterocycles. The van der Waals surface area contributed by atoms with E-state index in [4.69, 9.17) is 4.74 Å². The average Bonchev–Trinajstić information content (AvgIpc) is 3.08. The lowest BCUT2D eigenvalue weighted by Crippen LogP contribution is -2.57. The van der Waals surface area contributed by atoms with Crippen molar-refractivity contribution in [1.82, 2.24) is 10.2 Å².